The second-order valence-electron chi connectivity index (χ2n) is 12.9. The van der Waals surface area contributed by atoms with Gasteiger partial charge in [-0.05, 0) is 98.5 Å². The fraction of sp³-hybridized carbons (Fsp3) is 0.0652. The van der Waals surface area contributed by atoms with Crippen molar-refractivity contribution in [1.29, 1.82) is 5.26 Å². The van der Waals surface area contributed by atoms with E-state index in [1.165, 1.54) is 60.8 Å². The molecule has 9 rings (SSSR count). The van der Waals surface area contributed by atoms with Gasteiger partial charge < -0.3 is 4.57 Å². The van der Waals surface area contributed by atoms with E-state index >= 15 is 0 Å². The van der Waals surface area contributed by atoms with Crippen LogP contribution in [0.5, 0.6) is 0 Å². The van der Waals surface area contributed by atoms with Gasteiger partial charge in [0.05, 0.1) is 22.7 Å². The largest absolute Gasteiger partial charge is 0.309 e. The van der Waals surface area contributed by atoms with E-state index < -0.39 is 0 Å². The Morgan fingerprint density at radius 2 is 1.19 bits per heavy atom. The van der Waals surface area contributed by atoms with E-state index in [4.69, 9.17) is 0 Å². The molecule has 1 aromatic heterocycles. The van der Waals surface area contributed by atoms with Crippen molar-refractivity contribution in [3.05, 3.63) is 186 Å². The van der Waals surface area contributed by atoms with Gasteiger partial charge in [-0.3, -0.25) is 0 Å². The van der Waals surface area contributed by atoms with Crippen LogP contribution in [0.2, 0.25) is 0 Å². The third-order valence-electron chi connectivity index (χ3n) is 10.2. The Labute approximate surface area is 280 Å². The summed E-state index contributed by atoms with van der Waals surface area (Å²) in [5.74, 6) is 0.613. The lowest BCUT2D eigenvalue weighted by Crippen LogP contribution is -2.17. The lowest BCUT2D eigenvalue weighted by atomic mass is 9.69. The molecule has 0 N–H and O–H groups in total. The Bertz CT molecular complexity index is 2530. The first-order valence-electron chi connectivity index (χ1n) is 16.6. The smallest absolute Gasteiger partial charge is 0.0992 e. The first kappa shape index (κ1) is 28.1. The Kier molecular flexibility index (Phi) is 6.59. The highest BCUT2D eigenvalue weighted by atomic mass is 15.0. The summed E-state index contributed by atoms with van der Waals surface area (Å²) in [6.07, 6.45) is 0. The van der Waals surface area contributed by atoms with Gasteiger partial charge in [-0.2, -0.15) is 5.26 Å². The molecule has 0 aliphatic heterocycles. The van der Waals surface area contributed by atoms with Gasteiger partial charge in [-0.25, -0.2) is 0 Å². The summed E-state index contributed by atoms with van der Waals surface area (Å²) < 4.78 is 2.27. The van der Waals surface area contributed by atoms with Crippen molar-refractivity contribution in [2.45, 2.75) is 18.8 Å². The van der Waals surface area contributed by atoms with Crippen molar-refractivity contribution in [1.82, 2.24) is 4.57 Å². The van der Waals surface area contributed by atoms with Crippen molar-refractivity contribution >= 4 is 21.8 Å². The molecule has 48 heavy (non-hydrogen) atoms. The summed E-state index contributed by atoms with van der Waals surface area (Å²) >= 11 is 0. The average Bonchev–Trinajstić information content (AvgIpc) is 3.49. The molecule has 226 valence electrons. The zero-order valence-corrected chi connectivity index (χ0v) is 26.6. The van der Waals surface area contributed by atoms with Crippen molar-refractivity contribution in [3.8, 4) is 45.1 Å². The van der Waals surface area contributed by atoms with E-state index in [0.717, 1.165) is 16.7 Å². The molecule has 0 spiro atoms. The van der Waals surface area contributed by atoms with Crippen molar-refractivity contribution in [2.75, 3.05) is 0 Å². The van der Waals surface area contributed by atoms with Gasteiger partial charge in [0.1, 0.15) is 0 Å². The normalized spacial score (nSPS) is 15.2. The molecule has 1 heterocycles. The van der Waals surface area contributed by atoms with Gasteiger partial charge in [0.2, 0.25) is 0 Å². The molecule has 7 aromatic carbocycles. The topological polar surface area (TPSA) is 28.7 Å². The van der Waals surface area contributed by atoms with Crippen molar-refractivity contribution in [3.63, 3.8) is 0 Å². The van der Waals surface area contributed by atoms with Gasteiger partial charge in [0.15, 0.2) is 0 Å². The van der Waals surface area contributed by atoms with Gasteiger partial charge in [-0.1, -0.05) is 128 Å². The molecule has 0 saturated carbocycles. The van der Waals surface area contributed by atoms with Crippen molar-refractivity contribution in [2.24, 2.45) is 0 Å². The minimum absolute atomic E-state index is 0.284. The van der Waals surface area contributed by atoms with E-state index in [1.807, 2.05) is 18.2 Å². The molecule has 1 aliphatic carbocycles. The summed E-state index contributed by atoms with van der Waals surface area (Å²) in [6, 6.07) is 61.3. The van der Waals surface area contributed by atoms with Crippen LogP contribution in [0.3, 0.4) is 0 Å². The number of fused-ring (bicyclic) bond motifs is 6. The Morgan fingerprint density at radius 1 is 0.500 bits per heavy atom. The highest BCUT2D eigenvalue weighted by Crippen LogP contribution is 2.50. The molecule has 2 atom stereocenters. The Balaban J connectivity index is 1.14. The molecule has 0 amide bonds. The highest BCUT2D eigenvalue weighted by molar-refractivity contribution is 6.10. The first-order chi connectivity index (χ1) is 23.7. The zero-order valence-electron chi connectivity index (χ0n) is 26.6. The minimum atomic E-state index is 0.284. The number of benzene rings is 7. The van der Waals surface area contributed by atoms with E-state index in [-0.39, 0.29) is 5.92 Å². The molecule has 1 aliphatic rings. The fourth-order valence-corrected chi connectivity index (χ4v) is 7.96. The average molecular weight is 613 g/mol. The molecule has 2 nitrogen and oxygen atoms in total. The second-order valence-corrected chi connectivity index (χ2v) is 12.9. The third-order valence-corrected chi connectivity index (χ3v) is 10.2. The van der Waals surface area contributed by atoms with Crippen LogP contribution in [0, 0.1) is 11.3 Å². The summed E-state index contributed by atoms with van der Waals surface area (Å²) in [5, 5.41) is 12.0. The van der Waals surface area contributed by atoms with Crippen LogP contribution in [0.15, 0.2) is 164 Å². The summed E-state index contributed by atoms with van der Waals surface area (Å²) in [5.41, 5.74) is 15.6. The molecule has 0 saturated heterocycles. The summed E-state index contributed by atoms with van der Waals surface area (Å²) in [6.45, 7) is 2.38. The number of rotatable bonds is 4. The molecule has 0 fully saturated rings. The van der Waals surface area contributed by atoms with Crippen LogP contribution in [-0.4, -0.2) is 4.57 Å². The van der Waals surface area contributed by atoms with Crippen LogP contribution < -0.4 is 0 Å². The summed E-state index contributed by atoms with van der Waals surface area (Å²) in [7, 11) is 0. The van der Waals surface area contributed by atoms with Crippen molar-refractivity contribution < 1.29 is 0 Å². The zero-order chi connectivity index (χ0) is 32.2. The Morgan fingerprint density at radius 3 is 2.04 bits per heavy atom. The highest BCUT2D eigenvalue weighted by Gasteiger charge is 2.32. The number of hydrogen-bond acceptors (Lipinski definition) is 1. The quantitative estimate of drug-likeness (QED) is 0.194. The number of nitriles is 1. The SMILES string of the molecule is CC1c2ccc(-c3ccc4c(c3)c3ccccc3n4-c3cccc(C#N)c3)cc2-c2ccccc2C1c1ccc(-c2ccccc2)cc1. The van der Waals surface area contributed by atoms with E-state index in [1.54, 1.807) is 0 Å². The predicted molar refractivity (Wildman–Crippen MR) is 199 cm³/mol. The maximum absolute atomic E-state index is 9.57. The van der Waals surface area contributed by atoms with E-state index in [0.29, 0.717) is 11.5 Å². The van der Waals surface area contributed by atoms with Crippen LogP contribution >= 0.6 is 0 Å². The van der Waals surface area contributed by atoms with E-state index in [9.17, 15) is 5.26 Å². The molecule has 0 bridgehead atoms. The standard InChI is InChI=1S/C46H32N2/c1-30-38-24-22-35(36-23-25-45-43(28-36)40-15-7-8-17-44(40)48(45)37-13-9-10-31(26-37)29-47)27-42(38)39-14-5-6-16-41(39)46(30)34-20-18-33(19-21-34)32-11-3-2-4-12-32/h2-28,30,46H,1H3. The number of hydrogen-bond donors (Lipinski definition) is 0. The molecular weight excluding hydrogens is 581 g/mol. The number of nitrogens with zero attached hydrogens (tertiary/aromatic N) is 2. The van der Waals surface area contributed by atoms with Crippen LogP contribution in [0.1, 0.15) is 41.0 Å². The second kappa shape index (κ2) is 11.3. The van der Waals surface area contributed by atoms with Gasteiger partial charge >= 0.3 is 0 Å². The van der Waals surface area contributed by atoms with Gasteiger partial charge in [0, 0.05) is 22.4 Å². The van der Waals surface area contributed by atoms with E-state index in [2.05, 4.69) is 163 Å². The lowest BCUT2D eigenvalue weighted by molar-refractivity contribution is 0.650. The van der Waals surface area contributed by atoms with Gasteiger partial charge in [0.25, 0.3) is 0 Å². The molecule has 2 unspecified atom stereocenters. The van der Waals surface area contributed by atoms with Gasteiger partial charge in [-0.15, -0.1) is 0 Å². The number of aromatic nitrogens is 1. The molecule has 2 heteroatoms. The van der Waals surface area contributed by atoms with Crippen LogP contribution in [0.4, 0.5) is 0 Å². The monoisotopic (exact) mass is 612 g/mol. The lowest BCUT2D eigenvalue weighted by Gasteiger charge is -2.34. The minimum Gasteiger partial charge on any atom is -0.309 e. The first-order valence-corrected chi connectivity index (χ1v) is 16.6. The van der Waals surface area contributed by atoms with Crippen LogP contribution in [0.25, 0.3) is 60.9 Å². The fourth-order valence-electron chi connectivity index (χ4n) is 7.96. The third kappa shape index (κ3) is 4.48. The number of para-hydroxylation sites is 1. The van der Waals surface area contributed by atoms with Crippen LogP contribution in [-0.2, 0) is 0 Å². The molecular formula is C46H32N2. The molecule has 8 aromatic rings. The predicted octanol–water partition coefficient (Wildman–Crippen LogP) is 11.9. The molecule has 0 radical (unpaired) electrons. The maximum Gasteiger partial charge on any atom is 0.0992 e. The summed E-state index contributed by atoms with van der Waals surface area (Å²) in [4.78, 5) is 0. The Hall–Kier alpha value is -6.17. The maximum atomic E-state index is 9.57.